The Labute approximate surface area is 154 Å². The number of rotatable bonds is 4. The van der Waals surface area contributed by atoms with Gasteiger partial charge in [-0.05, 0) is 37.8 Å². The second kappa shape index (κ2) is 7.12. The van der Waals surface area contributed by atoms with Crippen molar-refractivity contribution in [2.45, 2.75) is 64.1 Å². The normalized spacial score (nSPS) is 22.4. The molecule has 0 saturated carbocycles. The van der Waals surface area contributed by atoms with Gasteiger partial charge < -0.3 is 14.4 Å². The number of aromatic nitrogens is 4. The molecule has 0 N–H and O–H groups in total. The lowest BCUT2D eigenvalue weighted by Gasteiger charge is -2.33. The van der Waals surface area contributed by atoms with Crippen LogP contribution in [0.25, 0.3) is 5.65 Å². The molecule has 7 heteroatoms. The minimum Gasteiger partial charge on any atom is -0.376 e. The molecule has 1 unspecified atom stereocenters. The Kier molecular flexibility index (Phi) is 4.84. The van der Waals surface area contributed by atoms with Crippen molar-refractivity contribution < 1.29 is 9.47 Å². The highest BCUT2D eigenvalue weighted by atomic mass is 16.5. The minimum absolute atomic E-state index is 0.0891. The molecule has 2 aromatic rings. The quantitative estimate of drug-likeness (QED) is 0.836. The highest BCUT2D eigenvalue weighted by Gasteiger charge is 2.25. The van der Waals surface area contributed by atoms with Crippen LogP contribution in [-0.4, -0.2) is 58.3 Å². The molecule has 0 amide bonds. The Bertz CT molecular complexity index is 740. The summed E-state index contributed by atoms with van der Waals surface area (Å²) in [5, 5.41) is 13.4. The SMILES string of the molecule is CC(C)(C)c1nnc2ccc(N3CCC(OCC4CCCO4)CC3)nn12. The summed E-state index contributed by atoms with van der Waals surface area (Å²) in [5.41, 5.74) is 0.710. The van der Waals surface area contributed by atoms with Crippen molar-refractivity contribution in [3.63, 3.8) is 0 Å². The first-order chi connectivity index (χ1) is 12.5. The van der Waals surface area contributed by atoms with E-state index < -0.39 is 0 Å². The highest BCUT2D eigenvalue weighted by molar-refractivity contribution is 5.46. The number of nitrogens with zero attached hydrogens (tertiary/aromatic N) is 5. The van der Waals surface area contributed by atoms with Crippen LogP contribution in [0.5, 0.6) is 0 Å². The molecular weight excluding hydrogens is 330 g/mol. The number of hydrogen-bond donors (Lipinski definition) is 0. The van der Waals surface area contributed by atoms with E-state index >= 15 is 0 Å². The van der Waals surface area contributed by atoms with E-state index in [4.69, 9.17) is 14.6 Å². The van der Waals surface area contributed by atoms with E-state index in [9.17, 15) is 0 Å². The number of piperidine rings is 1. The standard InChI is InChI=1S/C19H29N5O2/c1-19(2,3)18-21-20-16-6-7-17(22-24(16)18)23-10-8-14(9-11-23)26-13-15-5-4-12-25-15/h6-7,14-15H,4-5,8-13H2,1-3H3. The molecule has 4 rings (SSSR count). The summed E-state index contributed by atoms with van der Waals surface area (Å²) in [5.74, 6) is 1.88. The molecule has 2 saturated heterocycles. The maximum atomic E-state index is 6.08. The van der Waals surface area contributed by atoms with Crippen molar-refractivity contribution in [3.05, 3.63) is 18.0 Å². The molecule has 0 radical (unpaired) electrons. The van der Waals surface area contributed by atoms with E-state index in [0.717, 1.165) is 62.9 Å². The zero-order valence-corrected chi connectivity index (χ0v) is 16.0. The van der Waals surface area contributed by atoms with E-state index in [1.807, 2.05) is 16.6 Å². The minimum atomic E-state index is -0.0891. The van der Waals surface area contributed by atoms with Gasteiger partial charge in [0, 0.05) is 25.1 Å². The monoisotopic (exact) mass is 359 g/mol. The van der Waals surface area contributed by atoms with Gasteiger partial charge in [0.1, 0.15) is 5.82 Å². The summed E-state index contributed by atoms with van der Waals surface area (Å²) < 4.78 is 13.6. The van der Waals surface area contributed by atoms with Gasteiger partial charge in [0.2, 0.25) is 0 Å². The average Bonchev–Trinajstić information content (AvgIpc) is 3.29. The largest absolute Gasteiger partial charge is 0.376 e. The second-order valence-corrected chi connectivity index (χ2v) is 8.39. The van der Waals surface area contributed by atoms with Gasteiger partial charge in [-0.3, -0.25) is 0 Å². The lowest BCUT2D eigenvalue weighted by Crippen LogP contribution is -2.38. The molecule has 2 aromatic heterocycles. The summed E-state index contributed by atoms with van der Waals surface area (Å²) in [4.78, 5) is 2.33. The number of anilines is 1. The topological polar surface area (TPSA) is 64.8 Å². The van der Waals surface area contributed by atoms with Crippen molar-refractivity contribution >= 4 is 11.5 Å². The smallest absolute Gasteiger partial charge is 0.178 e. The Balaban J connectivity index is 1.39. The molecule has 0 spiro atoms. The predicted molar refractivity (Wildman–Crippen MR) is 99.6 cm³/mol. The van der Waals surface area contributed by atoms with Crippen LogP contribution in [0, 0.1) is 0 Å². The summed E-state index contributed by atoms with van der Waals surface area (Å²) in [6.07, 6.45) is 5.00. The Morgan fingerprint density at radius 1 is 1.15 bits per heavy atom. The van der Waals surface area contributed by atoms with Crippen LogP contribution in [0.15, 0.2) is 12.1 Å². The maximum absolute atomic E-state index is 6.08. The summed E-state index contributed by atoms with van der Waals surface area (Å²) in [7, 11) is 0. The summed E-state index contributed by atoms with van der Waals surface area (Å²) in [6, 6.07) is 4.05. The third kappa shape index (κ3) is 3.69. The van der Waals surface area contributed by atoms with Gasteiger partial charge in [-0.2, -0.15) is 4.52 Å². The Hall–Kier alpha value is -1.73. The molecular formula is C19H29N5O2. The first-order valence-corrected chi connectivity index (χ1v) is 9.72. The average molecular weight is 359 g/mol. The molecule has 7 nitrogen and oxygen atoms in total. The first-order valence-electron chi connectivity index (χ1n) is 9.72. The predicted octanol–water partition coefficient (Wildman–Crippen LogP) is 2.59. The van der Waals surface area contributed by atoms with Crippen molar-refractivity contribution in [2.24, 2.45) is 0 Å². The van der Waals surface area contributed by atoms with E-state index in [2.05, 4.69) is 35.9 Å². The van der Waals surface area contributed by atoms with Gasteiger partial charge >= 0.3 is 0 Å². The van der Waals surface area contributed by atoms with E-state index in [-0.39, 0.29) is 5.41 Å². The Morgan fingerprint density at radius 2 is 1.96 bits per heavy atom. The van der Waals surface area contributed by atoms with Crippen LogP contribution in [0.3, 0.4) is 0 Å². The molecule has 1 atom stereocenters. The van der Waals surface area contributed by atoms with Crippen LogP contribution in [0.2, 0.25) is 0 Å². The molecule has 2 aliphatic heterocycles. The third-order valence-electron chi connectivity index (χ3n) is 5.23. The zero-order chi connectivity index (χ0) is 18.1. The lowest BCUT2D eigenvalue weighted by molar-refractivity contribution is -0.0280. The van der Waals surface area contributed by atoms with Crippen molar-refractivity contribution in [2.75, 3.05) is 31.2 Å². The number of ether oxygens (including phenoxy) is 2. The van der Waals surface area contributed by atoms with Crippen molar-refractivity contribution in [1.29, 1.82) is 0 Å². The van der Waals surface area contributed by atoms with E-state index in [1.54, 1.807) is 0 Å². The summed E-state index contributed by atoms with van der Waals surface area (Å²) in [6.45, 7) is 9.95. The lowest BCUT2D eigenvalue weighted by atomic mass is 9.96. The van der Waals surface area contributed by atoms with Gasteiger partial charge in [-0.25, -0.2) is 0 Å². The van der Waals surface area contributed by atoms with Crippen molar-refractivity contribution in [1.82, 2.24) is 19.8 Å². The molecule has 0 aromatic carbocycles. The van der Waals surface area contributed by atoms with E-state index in [1.165, 1.54) is 6.42 Å². The molecule has 4 heterocycles. The number of hydrogen-bond acceptors (Lipinski definition) is 6. The van der Waals surface area contributed by atoms with Crippen LogP contribution in [0.1, 0.15) is 52.3 Å². The highest BCUT2D eigenvalue weighted by Crippen LogP contribution is 2.24. The maximum Gasteiger partial charge on any atom is 0.178 e. The Morgan fingerprint density at radius 3 is 2.65 bits per heavy atom. The fourth-order valence-electron chi connectivity index (χ4n) is 3.69. The molecule has 26 heavy (non-hydrogen) atoms. The fourth-order valence-corrected chi connectivity index (χ4v) is 3.69. The van der Waals surface area contributed by atoms with Gasteiger partial charge in [-0.15, -0.1) is 15.3 Å². The van der Waals surface area contributed by atoms with Gasteiger partial charge in [-0.1, -0.05) is 20.8 Å². The fraction of sp³-hybridized carbons (Fsp3) is 0.737. The molecule has 0 aliphatic carbocycles. The first kappa shape index (κ1) is 17.7. The molecule has 2 fully saturated rings. The van der Waals surface area contributed by atoms with Gasteiger partial charge in [0.15, 0.2) is 11.5 Å². The molecule has 2 aliphatic rings. The second-order valence-electron chi connectivity index (χ2n) is 8.39. The van der Waals surface area contributed by atoms with Crippen LogP contribution in [0.4, 0.5) is 5.82 Å². The third-order valence-corrected chi connectivity index (χ3v) is 5.23. The van der Waals surface area contributed by atoms with Gasteiger partial charge in [0.05, 0.1) is 18.8 Å². The summed E-state index contributed by atoms with van der Waals surface area (Å²) >= 11 is 0. The van der Waals surface area contributed by atoms with Crippen LogP contribution < -0.4 is 4.90 Å². The molecule has 0 bridgehead atoms. The van der Waals surface area contributed by atoms with Crippen molar-refractivity contribution in [3.8, 4) is 0 Å². The zero-order valence-electron chi connectivity index (χ0n) is 16.0. The van der Waals surface area contributed by atoms with E-state index in [0.29, 0.717) is 12.2 Å². The number of fused-ring (bicyclic) bond motifs is 1. The van der Waals surface area contributed by atoms with Crippen LogP contribution >= 0.6 is 0 Å². The van der Waals surface area contributed by atoms with Gasteiger partial charge in [0.25, 0.3) is 0 Å². The molecule has 142 valence electrons. The van der Waals surface area contributed by atoms with Crippen LogP contribution in [-0.2, 0) is 14.9 Å².